The first-order valence-electron chi connectivity index (χ1n) is 11.8. The minimum absolute atomic E-state index is 0.0237. The molecule has 0 radical (unpaired) electrons. The predicted molar refractivity (Wildman–Crippen MR) is 125 cm³/mol. The SMILES string of the molecule is COCCn1nc(C2CCCN(C(=O)c3cc(-c4cccc(OC)c4)n[nH]3)C2)n(C2CC2)c1=O. The molecule has 1 aromatic carbocycles. The van der Waals surface area contributed by atoms with Gasteiger partial charge in [-0.3, -0.25) is 14.5 Å². The third-order valence-corrected chi connectivity index (χ3v) is 6.56. The molecule has 1 amide bonds. The molecule has 2 aromatic heterocycles. The molecule has 2 fully saturated rings. The zero-order valence-electron chi connectivity index (χ0n) is 19.6. The number of carbonyl (C=O) groups excluding carboxylic acids is 1. The summed E-state index contributed by atoms with van der Waals surface area (Å²) in [6, 6.07) is 9.58. The number of amides is 1. The fraction of sp³-hybridized carbons (Fsp3) is 0.500. The lowest BCUT2D eigenvalue weighted by Crippen LogP contribution is -2.40. The summed E-state index contributed by atoms with van der Waals surface area (Å²) in [5.74, 6) is 1.46. The van der Waals surface area contributed by atoms with Gasteiger partial charge in [-0.05, 0) is 43.9 Å². The average Bonchev–Trinajstić information content (AvgIpc) is 3.48. The van der Waals surface area contributed by atoms with Gasteiger partial charge >= 0.3 is 5.69 Å². The molecule has 1 unspecified atom stereocenters. The summed E-state index contributed by atoms with van der Waals surface area (Å²) in [4.78, 5) is 28.1. The van der Waals surface area contributed by atoms with Crippen LogP contribution in [0.1, 0.15) is 54.0 Å². The van der Waals surface area contributed by atoms with Crippen molar-refractivity contribution in [2.75, 3.05) is 33.9 Å². The lowest BCUT2D eigenvalue weighted by Gasteiger charge is -2.32. The predicted octanol–water partition coefficient (Wildman–Crippen LogP) is 2.44. The number of nitrogens with one attached hydrogen (secondary N) is 1. The molecule has 34 heavy (non-hydrogen) atoms. The summed E-state index contributed by atoms with van der Waals surface area (Å²) in [6.07, 6.45) is 3.76. The van der Waals surface area contributed by atoms with E-state index in [1.807, 2.05) is 33.7 Å². The molecule has 10 heteroatoms. The second-order valence-corrected chi connectivity index (χ2v) is 8.95. The highest BCUT2D eigenvalue weighted by molar-refractivity contribution is 5.93. The molecule has 1 saturated carbocycles. The Bertz CT molecular complexity index is 1220. The number of H-pyrrole nitrogens is 1. The van der Waals surface area contributed by atoms with Crippen molar-refractivity contribution in [3.63, 3.8) is 0 Å². The summed E-state index contributed by atoms with van der Waals surface area (Å²) < 4.78 is 13.8. The third-order valence-electron chi connectivity index (χ3n) is 6.56. The fourth-order valence-electron chi connectivity index (χ4n) is 4.62. The number of nitrogens with zero attached hydrogens (tertiary/aromatic N) is 5. The van der Waals surface area contributed by atoms with Gasteiger partial charge in [-0.2, -0.15) is 10.2 Å². The average molecular weight is 467 g/mol. The lowest BCUT2D eigenvalue weighted by molar-refractivity contribution is 0.0697. The summed E-state index contributed by atoms with van der Waals surface area (Å²) in [5, 5.41) is 11.9. The summed E-state index contributed by atoms with van der Waals surface area (Å²) in [6.45, 7) is 2.06. The van der Waals surface area contributed by atoms with Gasteiger partial charge in [-0.1, -0.05) is 12.1 Å². The van der Waals surface area contributed by atoms with E-state index in [2.05, 4.69) is 15.3 Å². The number of rotatable bonds is 8. The Labute approximate surface area is 197 Å². The quantitative estimate of drug-likeness (QED) is 0.546. The van der Waals surface area contributed by atoms with E-state index in [1.54, 1.807) is 20.3 Å². The van der Waals surface area contributed by atoms with Crippen LogP contribution in [0.15, 0.2) is 35.1 Å². The number of ether oxygens (including phenoxy) is 2. The molecule has 0 spiro atoms. The molecule has 10 nitrogen and oxygen atoms in total. The number of methoxy groups -OCH3 is 2. The van der Waals surface area contributed by atoms with Crippen LogP contribution in [0.3, 0.4) is 0 Å². The van der Waals surface area contributed by atoms with Gasteiger partial charge in [0.15, 0.2) is 0 Å². The van der Waals surface area contributed by atoms with E-state index in [9.17, 15) is 9.59 Å². The van der Waals surface area contributed by atoms with Crippen LogP contribution in [0.5, 0.6) is 5.75 Å². The van der Waals surface area contributed by atoms with Crippen LogP contribution >= 0.6 is 0 Å². The van der Waals surface area contributed by atoms with Crippen molar-refractivity contribution in [1.29, 1.82) is 0 Å². The van der Waals surface area contributed by atoms with Crippen molar-refractivity contribution < 1.29 is 14.3 Å². The fourth-order valence-corrected chi connectivity index (χ4v) is 4.62. The molecule has 1 aliphatic heterocycles. The number of aromatic amines is 1. The number of aromatic nitrogens is 5. The zero-order valence-corrected chi connectivity index (χ0v) is 19.6. The maximum atomic E-state index is 13.3. The molecule has 0 bridgehead atoms. The van der Waals surface area contributed by atoms with Gasteiger partial charge in [0, 0.05) is 37.7 Å². The monoisotopic (exact) mass is 466 g/mol. The Balaban J connectivity index is 1.35. The molecule has 3 aromatic rings. The van der Waals surface area contributed by atoms with E-state index in [0.717, 1.165) is 42.8 Å². The maximum absolute atomic E-state index is 13.3. The van der Waals surface area contributed by atoms with Gasteiger partial charge in [0.2, 0.25) is 0 Å². The van der Waals surface area contributed by atoms with Crippen molar-refractivity contribution in [3.8, 4) is 17.0 Å². The van der Waals surface area contributed by atoms with Crippen molar-refractivity contribution in [1.82, 2.24) is 29.4 Å². The first-order chi connectivity index (χ1) is 16.6. The van der Waals surface area contributed by atoms with Crippen LogP contribution in [0.2, 0.25) is 0 Å². The first-order valence-corrected chi connectivity index (χ1v) is 11.8. The minimum atomic E-state index is -0.0921. The van der Waals surface area contributed by atoms with Gasteiger partial charge in [-0.15, -0.1) is 0 Å². The topological polar surface area (TPSA) is 107 Å². The van der Waals surface area contributed by atoms with Crippen LogP contribution in [0, 0.1) is 0 Å². The van der Waals surface area contributed by atoms with E-state index in [1.165, 1.54) is 4.68 Å². The van der Waals surface area contributed by atoms with Gasteiger partial charge in [0.05, 0.1) is 26.0 Å². The van der Waals surface area contributed by atoms with Crippen molar-refractivity contribution >= 4 is 5.91 Å². The van der Waals surface area contributed by atoms with Crippen molar-refractivity contribution in [2.24, 2.45) is 0 Å². The zero-order chi connectivity index (χ0) is 23.7. The number of hydrogen-bond donors (Lipinski definition) is 1. The highest BCUT2D eigenvalue weighted by Crippen LogP contribution is 2.37. The first kappa shape index (κ1) is 22.4. The Morgan fingerprint density at radius 3 is 2.82 bits per heavy atom. The molecule has 1 aliphatic carbocycles. The van der Waals surface area contributed by atoms with Crippen LogP contribution in [0.25, 0.3) is 11.3 Å². The smallest absolute Gasteiger partial charge is 0.346 e. The normalized spacial score (nSPS) is 18.3. The summed E-state index contributed by atoms with van der Waals surface area (Å²) >= 11 is 0. The van der Waals surface area contributed by atoms with Crippen molar-refractivity contribution in [3.05, 3.63) is 52.3 Å². The summed E-state index contributed by atoms with van der Waals surface area (Å²) in [5.41, 5.74) is 1.94. The molecule has 2 aliphatic rings. The van der Waals surface area contributed by atoms with Crippen LogP contribution in [-0.2, 0) is 11.3 Å². The molecular formula is C24H30N6O4. The van der Waals surface area contributed by atoms with E-state index < -0.39 is 0 Å². The van der Waals surface area contributed by atoms with Crippen LogP contribution < -0.4 is 10.4 Å². The van der Waals surface area contributed by atoms with E-state index in [4.69, 9.17) is 9.47 Å². The second-order valence-electron chi connectivity index (χ2n) is 8.95. The molecule has 180 valence electrons. The Morgan fingerprint density at radius 2 is 2.06 bits per heavy atom. The lowest BCUT2D eigenvalue weighted by atomic mass is 9.96. The van der Waals surface area contributed by atoms with E-state index in [-0.39, 0.29) is 23.6 Å². The van der Waals surface area contributed by atoms with E-state index >= 15 is 0 Å². The number of hydrogen-bond acceptors (Lipinski definition) is 6. The molecular weight excluding hydrogens is 436 g/mol. The number of likely N-dealkylation sites (tertiary alicyclic amines) is 1. The highest BCUT2D eigenvalue weighted by Gasteiger charge is 2.35. The van der Waals surface area contributed by atoms with Crippen LogP contribution in [0.4, 0.5) is 0 Å². The van der Waals surface area contributed by atoms with Gasteiger partial charge in [-0.25, -0.2) is 9.48 Å². The molecule has 5 rings (SSSR count). The number of carbonyl (C=O) groups is 1. The Morgan fingerprint density at radius 1 is 1.21 bits per heavy atom. The summed E-state index contributed by atoms with van der Waals surface area (Å²) in [7, 11) is 3.23. The van der Waals surface area contributed by atoms with Gasteiger partial charge in [0.1, 0.15) is 17.3 Å². The van der Waals surface area contributed by atoms with Gasteiger partial charge < -0.3 is 14.4 Å². The third kappa shape index (κ3) is 4.37. The number of piperidine rings is 1. The minimum Gasteiger partial charge on any atom is -0.497 e. The van der Waals surface area contributed by atoms with Crippen LogP contribution in [-0.4, -0.2) is 69.3 Å². The van der Waals surface area contributed by atoms with Crippen molar-refractivity contribution in [2.45, 2.75) is 44.2 Å². The molecule has 3 heterocycles. The Hall–Kier alpha value is -3.40. The molecule has 1 saturated heterocycles. The van der Waals surface area contributed by atoms with E-state index in [0.29, 0.717) is 37.6 Å². The Kier molecular flexibility index (Phi) is 6.23. The largest absolute Gasteiger partial charge is 0.497 e. The standard InChI is InChI=1S/C24H30N6O4/c1-33-12-11-29-24(32)30(18-8-9-18)22(27-29)17-6-4-10-28(15-17)23(31)21-14-20(25-26-21)16-5-3-7-19(13-16)34-2/h3,5,7,13-14,17-18H,4,6,8-12,15H2,1-2H3,(H,25,26). The maximum Gasteiger partial charge on any atom is 0.346 e. The van der Waals surface area contributed by atoms with Gasteiger partial charge in [0.25, 0.3) is 5.91 Å². The molecule has 1 atom stereocenters. The number of benzene rings is 1. The molecule has 1 N–H and O–H groups in total. The second kappa shape index (κ2) is 9.46. The highest BCUT2D eigenvalue weighted by atomic mass is 16.5.